The fourth-order valence-electron chi connectivity index (χ4n) is 2.85. The lowest BCUT2D eigenvalue weighted by molar-refractivity contribution is -0.137. The third kappa shape index (κ3) is 4.04. The van der Waals surface area contributed by atoms with Crippen LogP contribution in [0.5, 0.6) is 0 Å². The number of thiophene rings is 1. The number of rotatable bonds is 5. The Balaban J connectivity index is 1.72. The van der Waals surface area contributed by atoms with Gasteiger partial charge in [-0.15, -0.1) is 11.3 Å². The van der Waals surface area contributed by atoms with Gasteiger partial charge in [0.05, 0.1) is 32.9 Å². The van der Waals surface area contributed by atoms with Crippen LogP contribution in [0.2, 0.25) is 0 Å². The Bertz CT molecular complexity index is 1200. The standard InChI is InChI=1S/C17H17F3N6O2S2/c1-9-13(7-26(25-9)10-4-21-5-10)23-16-22-6-12(17(18,19)20)15(24-16)14-3-11(8-29-14)30(2,27)28/h3,6-8,10,21H,4-5H2,1-2H3,(H,22,23,24). The normalized spacial score (nSPS) is 15.2. The second kappa shape index (κ2) is 7.32. The molecule has 13 heteroatoms. The van der Waals surface area contributed by atoms with Crippen molar-refractivity contribution in [3.63, 3.8) is 0 Å². The van der Waals surface area contributed by atoms with Crippen molar-refractivity contribution in [1.82, 2.24) is 25.1 Å². The summed E-state index contributed by atoms with van der Waals surface area (Å²) >= 11 is 0.876. The highest BCUT2D eigenvalue weighted by molar-refractivity contribution is 7.90. The number of alkyl halides is 3. The number of hydrogen-bond donors (Lipinski definition) is 2. The van der Waals surface area contributed by atoms with Gasteiger partial charge in [-0.3, -0.25) is 4.68 Å². The summed E-state index contributed by atoms with van der Waals surface area (Å²) in [4.78, 5) is 7.88. The molecular formula is C17H17F3N6O2S2. The van der Waals surface area contributed by atoms with Crippen molar-refractivity contribution in [3.8, 4) is 10.6 Å². The van der Waals surface area contributed by atoms with Crippen molar-refractivity contribution in [3.05, 3.63) is 35.1 Å². The highest BCUT2D eigenvalue weighted by atomic mass is 32.2. The Morgan fingerprint density at radius 2 is 2.07 bits per heavy atom. The minimum atomic E-state index is -4.69. The van der Waals surface area contributed by atoms with Crippen LogP contribution in [-0.4, -0.2) is 47.5 Å². The average Bonchev–Trinajstić information content (AvgIpc) is 3.20. The molecule has 0 aromatic carbocycles. The predicted octanol–water partition coefficient (Wildman–Crippen LogP) is 3.02. The van der Waals surface area contributed by atoms with Crippen molar-refractivity contribution >= 4 is 32.8 Å². The first kappa shape index (κ1) is 20.8. The van der Waals surface area contributed by atoms with Crippen LogP contribution in [0.3, 0.4) is 0 Å². The van der Waals surface area contributed by atoms with E-state index in [2.05, 4.69) is 25.7 Å². The van der Waals surface area contributed by atoms with E-state index in [-0.39, 0.29) is 27.5 Å². The fourth-order valence-corrected chi connectivity index (χ4v) is 4.87. The van der Waals surface area contributed by atoms with E-state index in [1.54, 1.807) is 17.8 Å². The average molecular weight is 458 g/mol. The Hall–Kier alpha value is -2.51. The molecule has 4 heterocycles. The first-order chi connectivity index (χ1) is 14.0. The number of halogens is 3. The lowest BCUT2D eigenvalue weighted by Crippen LogP contribution is -2.43. The van der Waals surface area contributed by atoms with Gasteiger partial charge < -0.3 is 10.6 Å². The molecule has 0 radical (unpaired) electrons. The molecule has 8 nitrogen and oxygen atoms in total. The van der Waals surface area contributed by atoms with Crippen LogP contribution in [0, 0.1) is 6.92 Å². The van der Waals surface area contributed by atoms with Gasteiger partial charge in [0.2, 0.25) is 5.95 Å². The fraction of sp³-hybridized carbons (Fsp3) is 0.353. The molecule has 0 amide bonds. The highest BCUT2D eigenvalue weighted by Crippen LogP contribution is 2.39. The minimum Gasteiger partial charge on any atom is -0.321 e. The van der Waals surface area contributed by atoms with Gasteiger partial charge in [-0.05, 0) is 13.0 Å². The monoisotopic (exact) mass is 458 g/mol. The number of sulfone groups is 1. The largest absolute Gasteiger partial charge is 0.420 e. The van der Waals surface area contributed by atoms with E-state index in [1.807, 2.05) is 0 Å². The van der Waals surface area contributed by atoms with Gasteiger partial charge in [0.1, 0.15) is 5.56 Å². The molecule has 160 valence electrons. The van der Waals surface area contributed by atoms with Gasteiger partial charge in [0.25, 0.3) is 0 Å². The summed E-state index contributed by atoms with van der Waals surface area (Å²) in [5, 5.41) is 11.8. The lowest BCUT2D eigenvalue weighted by Gasteiger charge is -2.27. The van der Waals surface area contributed by atoms with E-state index < -0.39 is 21.6 Å². The quantitative estimate of drug-likeness (QED) is 0.606. The van der Waals surface area contributed by atoms with Gasteiger partial charge in [-0.25, -0.2) is 18.4 Å². The number of nitrogens with zero attached hydrogens (tertiary/aromatic N) is 4. The third-order valence-corrected chi connectivity index (χ3v) is 6.81. The van der Waals surface area contributed by atoms with Crippen molar-refractivity contribution in [2.24, 2.45) is 0 Å². The van der Waals surface area contributed by atoms with Gasteiger partial charge in [-0.1, -0.05) is 0 Å². The number of nitrogens with one attached hydrogen (secondary N) is 2. The molecule has 0 atom stereocenters. The summed E-state index contributed by atoms with van der Waals surface area (Å²) in [6.07, 6.45) is -1.25. The van der Waals surface area contributed by atoms with E-state index in [0.29, 0.717) is 17.6 Å². The molecule has 0 saturated carbocycles. The van der Waals surface area contributed by atoms with E-state index in [0.717, 1.165) is 30.7 Å². The van der Waals surface area contributed by atoms with E-state index >= 15 is 0 Å². The lowest BCUT2D eigenvalue weighted by atomic mass is 10.2. The van der Waals surface area contributed by atoms with E-state index in [4.69, 9.17) is 0 Å². The summed E-state index contributed by atoms with van der Waals surface area (Å²) in [6.45, 7) is 3.36. The number of aromatic nitrogens is 4. The molecule has 1 saturated heterocycles. The van der Waals surface area contributed by atoms with Crippen LogP contribution in [0.15, 0.2) is 28.7 Å². The summed E-state index contributed by atoms with van der Waals surface area (Å²) in [5.41, 5.74) is -0.186. The molecule has 4 rings (SSSR count). The number of hydrogen-bond acceptors (Lipinski definition) is 8. The Morgan fingerprint density at radius 1 is 1.33 bits per heavy atom. The van der Waals surface area contributed by atoms with Crippen LogP contribution >= 0.6 is 11.3 Å². The van der Waals surface area contributed by atoms with Crippen LogP contribution in [0.25, 0.3) is 10.6 Å². The second-order valence-electron chi connectivity index (χ2n) is 6.92. The van der Waals surface area contributed by atoms with Crippen molar-refractivity contribution < 1.29 is 21.6 Å². The second-order valence-corrected chi connectivity index (χ2v) is 9.84. The SMILES string of the molecule is Cc1nn(C2CNC2)cc1Nc1ncc(C(F)(F)F)c(-c2cc(S(C)(=O)=O)cs2)n1. The van der Waals surface area contributed by atoms with Crippen molar-refractivity contribution in [2.75, 3.05) is 24.7 Å². The minimum absolute atomic E-state index is 0.0401. The first-order valence-corrected chi connectivity index (χ1v) is 11.6. The number of aryl methyl sites for hydroxylation is 1. The summed E-state index contributed by atoms with van der Waals surface area (Å²) in [6, 6.07) is 1.41. The summed E-state index contributed by atoms with van der Waals surface area (Å²) < 4.78 is 65.7. The molecule has 30 heavy (non-hydrogen) atoms. The predicted molar refractivity (Wildman–Crippen MR) is 106 cm³/mol. The topological polar surface area (TPSA) is 102 Å². The third-order valence-electron chi connectivity index (χ3n) is 4.63. The molecule has 3 aromatic heterocycles. The molecule has 0 spiro atoms. The Kier molecular flexibility index (Phi) is 5.06. The maximum atomic E-state index is 13.5. The van der Waals surface area contributed by atoms with Gasteiger partial charge in [0, 0.05) is 37.1 Å². The molecule has 1 aliphatic heterocycles. The molecule has 2 N–H and O–H groups in total. The molecule has 1 fully saturated rings. The molecule has 1 aliphatic rings. The molecule has 0 bridgehead atoms. The van der Waals surface area contributed by atoms with Crippen LogP contribution in [-0.2, 0) is 16.0 Å². The van der Waals surface area contributed by atoms with Gasteiger partial charge in [-0.2, -0.15) is 18.3 Å². The number of anilines is 2. The smallest absolute Gasteiger partial charge is 0.321 e. The molecule has 0 aliphatic carbocycles. The summed E-state index contributed by atoms with van der Waals surface area (Å²) in [7, 11) is -3.55. The molecular weight excluding hydrogens is 441 g/mol. The zero-order chi connectivity index (χ0) is 21.7. The first-order valence-electron chi connectivity index (χ1n) is 8.79. The van der Waals surface area contributed by atoms with E-state index in [1.165, 1.54) is 11.4 Å². The zero-order valence-electron chi connectivity index (χ0n) is 15.9. The summed E-state index contributed by atoms with van der Waals surface area (Å²) in [5.74, 6) is -0.0401. The highest BCUT2D eigenvalue weighted by Gasteiger charge is 2.36. The molecule has 3 aromatic rings. The van der Waals surface area contributed by atoms with Gasteiger partial charge >= 0.3 is 6.18 Å². The van der Waals surface area contributed by atoms with Crippen LogP contribution in [0.4, 0.5) is 24.8 Å². The van der Waals surface area contributed by atoms with Crippen LogP contribution in [0.1, 0.15) is 17.3 Å². The Morgan fingerprint density at radius 3 is 2.63 bits per heavy atom. The van der Waals surface area contributed by atoms with Crippen LogP contribution < -0.4 is 10.6 Å². The maximum Gasteiger partial charge on any atom is 0.420 e. The maximum absolute atomic E-state index is 13.5. The van der Waals surface area contributed by atoms with E-state index in [9.17, 15) is 21.6 Å². The molecule has 0 unspecified atom stereocenters. The zero-order valence-corrected chi connectivity index (χ0v) is 17.5. The Labute approximate surface area is 174 Å². The van der Waals surface area contributed by atoms with Crippen molar-refractivity contribution in [2.45, 2.75) is 24.0 Å². The van der Waals surface area contributed by atoms with Gasteiger partial charge in [0.15, 0.2) is 9.84 Å². The van der Waals surface area contributed by atoms with Crippen molar-refractivity contribution in [1.29, 1.82) is 0 Å².